The van der Waals surface area contributed by atoms with Crippen LogP contribution in [0.4, 0.5) is 0 Å². The fourth-order valence-electron chi connectivity index (χ4n) is 0.852. The van der Waals surface area contributed by atoms with Crippen molar-refractivity contribution in [3.05, 3.63) is 34.9 Å². The zero-order chi connectivity index (χ0) is 9.84. The van der Waals surface area contributed by atoms with Gasteiger partial charge in [-0.05, 0) is 24.3 Å². The van der Waals surface area contributed by atoms with E-state index >= 15 is 0 Å². The Balaban J connectivity index is 2.91. The molecule has 0 saturated heterocycles. The molecule has 1 aromatic rings. The van der Waals surface area contributed by atoms with Crippen molar-refractivity contribution >= 4 is 17.4 Å². The second-order valence-corrected chi connectivity index (χ2v) is 2.91. The van der Waals surface area contributed by atoms with Crippen molar-refractivity contribution in [2.45, 2.75) is 6.04 Å². The quantitative estimate of drug-likeness (QED) is 0.724. The molecule has 0 aromatic heterocycles. The maximum atomic E-state index is 11.3. The van der Waals surface area contributed by atoms with Gasteiger partial charge < -0.3 is 5.73 Å². The highest BCUT2D eigenvalue weighted by atomic mass is 35.5. The molecule has 4 heteroatoms. The lowest BCUT2D eigenvalue weighted by Gasteiger charge is -2.01. The second-order valence-electron chi connectivity index (χ2n) is 2.48. The molecule has 0 aliphatic carbocycles. The Morgan fingerprint density at radius 3 is 2.46 bits per heavy atom. The highest BCUT2D eigenvalue weighted by Crippen LogP contribution is 2.10. The summed E-state index contributed by atoms with van der Waals surface area (Å²) in [5.41, 5.74) is 5.64. The highest BCUT2D eigenvalue weighted by molar-refractivity contribution is 6.30. The third-order valence-corrected chi connectivity index (χ3v) is 1.80. The smallest absolute Gasteiger partial charge is 0.193 e. The number of carbonyl (C=O) groups is 1. The maximum absolute atomic E-state index is 11.3. The zero-order valence-electron chi connectivity index (χ0n) is 6.70. The Bertz CT molecular complexity index is 353. The standard InChI is InChI=1S/C9H7ClN2O/c10-7-3-1-6(2-4-7)9(13)8(12)5-11/h1-4,8H,12H2. The number of nitrogens with two attached hydrogens (primary N) is 1. The summed E-state index contributed by atoms with van der Waals surface area (Å²) in [6.45, 7) is 0. The van der Waals surface area contributed by atoms with Crippen molar-refractivity contribution in [2.75, 3.05) is 0 Å². The first-order valence-electron chi connectivity index (χ1n) is 3.60. The van der Waals surface area contributed by atoms with Gasteiger partial charge in [-0.15, -0.1) is 0 Å². The van der Waals surface area contributed by atoms with Gasteiger partial charge in [0, 0.05) is 10.6 Å². The third-order valence-electron chi connectivity index (χ3n) is 1.55. The summed E-state index contributed by atoms with van der Waals surface area (Å²) in [6, 6.07) is 6.83. The van der Waals surface area contributed by atoms with Gasteiger partial charge in [0.2, 0.25) is 0 Å². The number of hydrogen-bond donors (Lipinski definition) is 1. The lowest BCUT2D eigenvalue weighted by molar-refractivity contribution is 0.0980. The van der Waals surface area contributed by atoms with Crippen LogP contribution in [0.1, 0.15) is 10.4 Å². The predicted octanol–water partition coefficient (Wildman–Crippen LogP) is 1.37. The Kier molecular flexibility index (Phi) is 3.02. The van der Waals surface area contributed by atoms with Crippen LogP contribution in [-0.4, -0.2) is 11.8 Å². The number of ketones is 1. The van der Waals surface area contributed by atoms with E-state index in [9.17, 15) is 4.79 Å². The van der Waals surface area contributed by atoms with Crippen LogP contribution in [0, 0.1) is 11.3 Å². The van der Waals surface area contributed by atoms with Crippen LogP contribution >= 0.6 is 11.6 Å². The van der Waals surface area contributed by atoms with Crippen LogP contribution in [-0.2, 0) is 0 Å². The van der Waals surface area contributed by atoms with Crippen LogP contribution < -0.4 is 5.73 Å². The molecule has 13 heavy (non-hydrogen) atoms. The fraction of sp³-hybridized carbons (Fsp3) is 0.111. The van der Waals surface area contributed by atoms with Gasteiger partial charge in [-0.25, -0.2) is 0 Å². The predicted molar refractivity (Wildman–Crippen MR) is 49.4 cm³/mol. The molecule has 0 heterocycles. The minimum absolute atomic E-state index is 0.390. The van der Waals surface area contributed by atoms with Crippen LogP contribution in [0.2, 0.25) is 5.02 Å². The van der Waals surface area contributed by atoms with Gasteiger partial charge in [-0.1, -0.05) is 11.6 Å². The zero-order valence-corrected chi connectivity index (χ0v) is 7.45. The van der Waals surface area contributed by atoms with Crippen molar-refractivity contribution in [3.63, 3.8) is 0 Å². The molecule has 1 atom stereocenters. The Morgan fingerprint density at radius 2 is 2.00 bits per heavy atom. The van der Waals surface area contributed by atoms with E-state index in [4.69, 9.17) is 22.6 Å². The van der Waals surface area contributed by atoms with Crippen LogP contribution in [0.15, 0.2) is 24.3 Å². The van der Waals surface area contributed by atoms with E-state index in [-0.39, 0.29) is 5.78 Å². The van der Waals surface area contributed by atoms with Crippen molar-refractivity contribution in [3.8, 4) is 6.07 Å². The van der Waals surface area contributed by atoms with E-state index in [1.807, 2.05) is 0 Å². The molecule has 0 aliphatic rings. The van der Waals surface area contributed by atoms with Gasteiger partial charge >= 0.3 is 0 Å². The molecule has 1 rings (SSSR count). The molecule has 2 N–H and O–H groups in total. The molecule has 0 spiro atoms. The number of nitriles is 1. The van der Waals surface area contributed by atoms with Gasteiger partial charge in [0.1, 0.15) is 0 Å². The second kappa shape index (κ2) is 4.04. The summed E-state index contributed by atoms with van der Waals surface area (Å²) in [4.78, 5) is 11.3. The molecule has 0 radical (unpaired) electrons. The summed E-state index contributed by atoms with van der Waals surface area (Å²) in [5.74, 6) is -0.390. The molecule has 0 bridgehead atoms. The average molecular weight is 195 g/mol. The van der Waals surface area contributed by atoms with Crippen LogP contribution in [0.25, 0.3) is 0 Å². The molecule has 0 fully saturated rings. The minimum Gasteiger partial charge on any atom is -0.309 e. The SMILES string of the molecule is N#CC(N)C(=O)c1ccc(Cl)cc1. The monoisotopic (exact) mass is 194 g/mol. The Labute approximate surface area is 80.7 Å². The number of benzene rings is 1. The van der Waals surface area contributed by atoms with E-state index in [0.29, 0.717) is 10.6 Å². The number of Topliss-reactive ketones (excluding diaryl/α,β-unsaturated/α-hetero) is 1. The molecule has 0 amide bonds. The van der Waals surface area contributed by atoms with E-state index in [1.165, 1.54) is 0 Å². The maximum Gasteiger partial charge on any atom is 0.193 e. The molecule has 3 nitrogen and oxygen atoms in total. The first-order valence-corrected chi connectivity index (χ1v) is 3.98. The molecular formula is C9H7ClN2O. The molecule has 0 aliphatic heterocycles. The first kappa shape index (κ1) is 9.72. The summed E-state index contributed by atoms with van der Waals surface area (Å²) in [5, 5.41) is 8.94. The summed E-state index contributed by atoms with van der Waals surface area (Å²) >= 11 is 5.62. The number of halogens is 1. The van der Waals surface area contributed by atoms with Crippen molar-refractivity contribution < 1.29 is 4.79 Å². The van der Waals surface area contributed by atoms with Gasteiger partial charge in [0.15, 0.2) is 11.8 Å². The molecule has 1 unspecified atom stereocenters. The normalized spacial score (nSPS) is 11.8. The Hall–Kier alpha value is -1.37. The van der Waals surface area contributed by atoms with Crippen molar-refractivity contribution in [1.82, 2.24) is 0 Å². The molecule has 1 aromatic carbocycles. The van der Waals surface area contributed by atoms with Crippen molar-refractivity contribution in [2.24, 2.45) is 5.73 Å². The fourth-order valence-corrected chi connectivity index (χ4v) is 0.978. The lowest BCUT2D eigenvalue weighted by atomic mass is 10.1. The summed E-state index contributed by atoms with van der Waals surface area (Å²) in [7, 11) is 0. The molecule has 66 valence electrons. The van der Waals surface area contributed by atoms with Gasteiger partial charge in [0.05, 0.1) is 6.07 Å². The van der Waals surface area contributed by atoms with Crippen LogP contribution in [0.5, 0.6) is 0 Å². The third kappa shape index (κ3) is 2.28. The van der Waals surface area contributed by atoms with E-state index in [1.54, 1.807) is 30.3 Å². The lowest BCUT2D eigenvalue weighted by Crippen LogP contribution is -2.28. The molecule has 0 saturated carbocycles. The van der Waals surface area contributed by atoms with E-state index in [0.717, 1.165) is 0 Å². The molecular weight excluding hydrogens is 188 g/mol. The summed E-state index contributed by atoms with van der Waals surface area (Å²) < 4.78 is 0. The Morgan fingerprint density at radius 1 is 1.46 bits per heavy atom. The van der Waals surface area contributed by atoms with E-state index < -0.39 is 6.04 Å². The number of carbonyl (C=O) groups excluding carboxylic acids is 1. The van der Waals surface area contributed by atoms with Gasteiger partial charge in [0.25, 0.3) is 0 Å². The van der Waals surface area contributed by atoms with Crippen LogP contribution in [0.3, 0.4) is 0 Å². The highest BCUT2D eigenvalue weighted by Gasteiger charge is 2.13. The first-order chi connectivity index (χ1) is 6.15. The minimum atomic E-state index is -1.10. The van der Waals surface area contributed by atoms with Gasteiger partial charge in [-0.2, -0.15) is 5.26 Å². The van der Waals surface area contributed by atoms with Gasteiger partial charge in [-0.3, -0.25) is 4.79 Å². The summed E-state index contributed by atoms with van der Waals surface area (Å²) in [6.07, 6.45) is 0. The van der Waals surface area contributed by atoms with E-state index in [2.05, 4.69) is 0 Å². The number of hydrogen-bond acceptors (Lipinski definition) is 3. The van der Waals surface area contributed by atoms with Crippen molar-refractivity contribution in [1.29, 1.82) is 5.26 Å². The number of rotatable bonds is 2. The largest absolute Gasteiger partial charge is 0.309 e. The number of nitrogens with zero attached hydrogens (tertiary/aromatic N) is 1. The topological polar surface area (TPSA) is 66.9 Å². The average Bonchev–Trinajstić information content (AvgIpc) is 2.17.